The molecule has 5 nitrogen and oxygen atoms in total. The predicted octanol–water partition coefficient (Wildman–Crippen LogP) is 0.608. The number of hydrogen-bond acceptors (Lipinski definition) is 3. The monoisotopic (exact) mass is 253 g/mol. The topological polar surface area (TPSA) is 67.2 Å². The van der Waals surface area contributed by atoms with Gasteiger partial charge in [-0.15, -0.1) is 24.8 Å². The Kier molecular flexibility index (Phi) is 5.07. The Labute approximate surface area is 99.7 Å². The number of aromatic carboxylic acids is 1. The first-order valence-electron chi connectivity index (χ1n) is 4.19. The maximum Gasteiger partial charge on any atom is 0.354 e. The van der Waals surface area contributed by atoms with E-state index in [1.165, 1.54) is 4.68 Å². The van der Waals surface area contributed by atoms with Crippen LogP contribution in [0.25, 0.3) is 0 Å². The summed E-state index contributed by atoms with van der Waals surface area (Å²) >= 11 is 0. The van der Waals surface area contributed by atoms with Gasteiger partial charge in [-0.1, -0.05) is 0 Å². The summed E-state index contributed by atoms with van der Waals surface area (Å²) in [6.07, 6.45) is 0.816. The molecule has 15 heavy (non-hydrogen) atoms. The lowest BCUT2D eigenvalue weighted by atomic mass is 10.1. The molecule has 2 N–H and O–H groups in total. The molecule has 1 aromatic rings. The Morgan fingerprint density at radius 1 is 1.53 bits per heavy atom. The molecule has 0 saturated carbocycles. The van der Waals surface area contributed by atoms with E-state index in [-0.39, 0.29) is 24.8 Å². The first kappa shape index (κ1) is 14.2. The van der Waals surface area contributed by atoms with Crippen LogP contribution in [-0.2, 0) is 20.0 Å². The van der Waals surface area contributed by atoms with Crippen LogP contribution < -0.4 is 5.32 Å². The highest BCUT2D eigenvalue weighted by Gasteiger charge is 2.22. The summed E-state index contributed by atoms with van der Waals surface area (Å²) < 4.78 is 1.44. The highest BCUT2D eigenvalue weighted by molar-refractivity contribution is 5.87. The second-order valence-electron chi connectivity index (χ2n) is 3.13. The van der Waals surface area contributed by atoms with Crippen LogP contribution in [-0.4, -0.2) is 27.4 Å². The summed E-state index contributed by atoms with van der Waals surface area (Å²) in [7, 11) is 1.67. The Bertz CT molecular complexity index is 365. The van der Waals surface area contributed by atoms with Crippen molar-refractivity contribution in [3.8, 4) is 0 Å². The molecule has 86 valence electrons. The Morgan fingerprint density at radius 2 is 2.20 bits per heavy atom. The zero-order valence-electron chi connectivity index (χ0n) is 8.19. The van der Waals surface area contributed by atoms with Gasteiger partial charge in [-0.25, -0.2) is 4.79 Å². The third kappa shape index (κ3) is 2.42. The highest BCUT2D eigenvalue weighted by atomic mass is 35.5. The normalized spacial score (nSPS) is 13.4. The van der Waals surface area contributed by atoms with Crippen molar-refractivity contribution in [2.24, 2.45) is 7.05 Å². The Morgan fingerprint density at radius 3 is 2.80 bits per heavy atom. The zero-order valence-corrected chi connectivity index (χ0v) is 9.82. The van der Waals surface area contributed by atoms with E-state index in [0.717, 1.165) is 24.2 Å². The fourth-order valence-electron chi connectivity index (χ4n) is 1.70. The Balaban J connectivity index is 0.000000980. The summed E-state index contributed by atoms with van der Waals surface area (Å²) in [5.74, 6) is -0.903. The standard InChI is InChI=1S/C8H11N3O2.2ClH/c1-11-7(8(12)13)5-4-9-3-2-6(5)10-11;;/h9H,2-4H2,1H3,(H,12,13);2*1H. The predicted molar refractivity (Wildman–Crippen MR) is 60.1 cm³/mol. The van der Waals surface area contributed by atoms with Gasteiger partial charge in [-0.3, -0.25) is 4.68 Å². The molecule has 0 aromatic carbocycles. The smallest absolute Gasteiger partial charge is 0.354 e. The summed E-state index contributed by atoms with van der Waals surface area (Å²) in [5.41, 5.74) is 2.06. The number of carbonyl (C=O) groups is 1. The lowest BCUT2D eigenvalue weighted by Crippen LogP contribution is -2.24. The van der Waals surface area contributed by atoms with Crippen molar-refractivity contribution >= 4 is 30.8 Å². The molecule has 0 aliphatic carbocycles. The lowest BCUT2D eigenvalue weighted by Gasteiger charge is -2.11. The summed E-state index contributed by atoms with van der Waals surface area (Å²) in [4.78, 5) is 10.9. The second kappa shape index (κ2) is 5.34. The fourth-order valence-corrected chi connectivity index (χ4v) is 1.70. The van der Waals surface area contributed by atoms with Gasteiger partial charge in [0.15, 0.2) is 5.69 Å². The number of fused-ring (bicyclic) bond motifs is 1. The van der Waals surface area contributed by atoms with Crippen LogP contribution in [0.1, 0.15) is 21.7 Å². The molecule has 0 spiro atoms. The summed E-state index contributed by atoms with van der Waals surface area (Å²) in [6.45, 7) is 1.49. The minimum atomic E-state index is -0.903. The summed E-state index contributed by atoms with van der Waals surface area (Å²) in [5, 5.41) is 16.2. The molecule has 0 bridgehead atoms. The Hall–Kier alpha value is -0.780. The van der Waals surface area contributed by atoms with E-state index < -0.39 is 5.97 Å². The van der Waals surface area contributed by atoms with E-state index in [0.29, 0.717) is 12.2 Å². The number of carboxylic acid groups (broad SMARTS) is 1. The first-order valence-corrected chi connectivity index (χ1v) is 4.19. The number of aromatic nitrogens is 2. The van der Waals surface area contributed by atoms with Crippen molar-refractivity contribution in [1.29, 1.82) is 0 Å². The van der Waals surface area contributed by atoms with Crippen LogP contribution in [0.5, 0.6) is 0 Å². The number of rotatable bonds is 1. The molecule has 1 aromatic heterocycles. The van der Waals surface area contributed by atoms with E-state index in [4.69, 9.17) is 5.11 Å². The van der Waals surface area contributed by atoms with Crippen molar-refractivity contribution in [1.82, 2.24) is 15.1 Å². The number of aryl methyl sites for hydroxylation is 1. The van der Waals surface area contributed by atoms with E-state index in [2.05, 4.69) is 10.4 Å². The summed E-state index contributed by atoms with van der Waals surface area (Å²) in [6, 6.07) is 0. The van der Waals surface area contributed by atoms with Gasteiger partial charge in [0, 0.05) is 32.1 Å². The highest BCUT2D eigenvalue weighted by Crippen LogP contribution is 2.16. The molecule has 2 rings (SSSR count). The zero-order chi connectivity index (χ0) is 9.42. The average Bonchev–Trinajstić information content (AvgIpc) is 2.39. The number of nitrogens with one attached hydrogen (secondary N) is 1. The van der Waals surface area contributed by atoms with Crippen molar-refractivity contribution in [3.63, 3.8) is 0 Å². The van der Waals surface area contributed by atoms with Gasteiger partial charge < -0.3 is 10.4 Å². The van der Waals surface area contributed by atoms with Crippen LogP contribution in [0.2, 0.25) is 0 Å². The molecular formula is C8H13Cl2N3O2. The van der Waals surface area contributed by atoms with E-state index in [1.54, 1.807) is 7.05 Å². The van der Waals surface area contributed by atoms with E-state index >= 15 is 0 Å². The van der Waals surface area contributed by atoms with Crippen molar-refractivity contribution in [2.45, 2.75) is 13.0 Å². The molecule has 0 saturated heterocycles. The fraction of sp³-hybridized carbons (Fsp3) is 0.500. The van der Waals surface area contributed by atoms with Crippen LogP contribution in [0.3, 0.4) is 0 Å². The third-order valence-electron chi connectivity index (χ3n) is 2.27. The van der Waals surface area contributed by atoms with Gasteiger partial charge in [0.1, 0.15) is 0 Å². The average molecular weight is 254 g/mol. The molecule has 7 heteroatoms. The lowest BCUT2D eigenvalue weighted by molar-refractivity contribution is 0.0683. The quantitative estimate of drug-likeness (QED) is 0.770. The van der Waals surface area contributed by atoms with E-state index in [9.17, 15) is 4.79 Å². The van der Waals surface area contributed by atoms with Gasteiger partial charge in [0.05, 0.1) is 5.69 Å². The van der Waals surface area contributed by atoms with Crippen molar-refractivity contribution in [3.05, 3.63) is 17.0 Å². The van der Waals surface area contributed by atoms with Gasteiger partial charge in [-0.05, 0) is 0 Å². The number of hydrogen-bond donors (Lipinski definition) is 2. The molecule has 0 unspecified atom stereocenters. The number of carboxylic acids is 1. The van der Waals surface area contributed by atoms with Gasteiger partial charge in [0.25, 0.3) is 0 Å². The number of nitrogens with zero attached hydrogens (tertiary/aromatic N) is 2. The first-order chi connectivity index (χ1) is 6.20. The van der Waals surface area contributed by atoms with Crippen LogP contribution >= 0.6 is 24.8 Å². The molecular weight excluding hydrogens is 241 g/mol. The largest absolute Gasteiger partial charge is 0.477 e. The van der Waals surface area contributed by atoms with Crippen molar-refractivity contribution < 1.29 is 9.90 Å². The molecule has 0 amide bonds. The second-order valence-corrected chi connectivity index (χ2v) is 3.13. The van der Waals surface area contributed by atoms with Gasteiger partial charge >= 0.3 is 5.97 Å². The maximum atomic E-state index is 10.9. The van der Waals surface area contributed by atoms with Crippen LogP contribution in [0.4, 0.5) is 0 Å². The minimum absolute atomic E-state index is 0. The molecule has 2 heterocycles. The molecule has 0 radical (unpaired) electrons. The minimum Gasteiger partial charge on any atom is -0.477 e. The van der Waals surface area contributed by atoms with Gasteiger partial charge in [-0.2, -0.15) is 5.10 Å². The number of halogens is 2. The molecule has 0 atom stereocenters. The van der Waals surface area contributed by atoms with Crippen molar-refractivity contribution in [2.75, 3.05) is 6.54 Å². The molecule has 1 aliphatic rings. The van der Waals surface area contributed by atoms with Gasteiger partial charge in [0.2, 0.25) is 0 Å². The maximum absolute atomic E-state index is 10.9. The van der Waals surface area contributed by atoms with Crippen LogP contribution in [0.15, 0.2) is 0 Å². The van der Waals surface area contributed by atoms with Crippen LogP contribution in [0, 0.1) is 0 Å². The SMILES string of the molecule is Cl.Cl.Cn1nc2c(c1C(=O)O)CNCC2. The molecule has 0 fully saturated rings. The third-order valence-corrected chi connectivity index (χ3v) is 2.27. The molecule has 1 aliphatic heterocycles. The van der Waals surface area contributed by atoms with E-state index in [1.807, 2.05) is 0 Å².